The second-order valence-corrected chi connectivity index (χ2v) is 4.21. The smallest absolute Gasteiger partial charge is 0.303 e. The summed E-state index contributed by atoms with van der Waals surface area (Å²) in [7, 11) is 1.94. The number of halogens is 1. The molecule has 88 valence electrons. The van der Waals surface area contributed by atoms with Gasteiger partial charge in [0.25, 0.3) is 0 Å². The first-order valence-corrected chi connectivity index (χ1v) is 5.58. The first-order valence-electron chi connectivity index (χ1n) is 5.20. The monoisotopic (exact) mass is 241 g/mol. The summed E-state index contributed by atoms with van der Waals surface area (Å²) in [4.78, 5) is 12.4. The molecular weight excluding hydrogens is 226 g/mol. The Kier molecular flexibility index (Phi) is 4.62. The van der Waals surface area contributed by atoms with Crippen molar-refractivity contribution in [2.45, 2.75) is 19.8 Å². The fraction of sp³-hybridized carbons (Fsp3) is 0.417. The van der Waals surface area contributed by atoms with Crippen molar-refractivity contribution in [3.8, 4) is 0 Å². The summed E-state index contributed by atoms with van der Waals surface area (Å²) >= 11 is 6.02. The molecule has 1 aromatic carbocycles. The zero-order valence-corrected chi connectivity index (χ0v) is 10.3. The third kappa shape index (κ3) is 3.42. The molecule has 0 saturated carbocycles. The predicted molar refractivity (Wildman–Crippen MR) is 66.3 cm³/mol. The van der Waals surface area contributed by atoms with Gasteiger partial charge in [-0.05, 0) is 31.0 Å². The number of rotatable bonds is 5. The molecule has 0 unspecified atom stereocenters. The Bertz CT molecular complexity index is 379. The minimum absolute atomic E-state index is 0.198. The van der Waals surface area contributed by atoms with E-state index in [-0.39, 0.29) is 6.42 Å². The van der Waals surface area contributed by atoms with Crippen LogP contribution >= 0.6 is 11.6 Å². The minimum atomic E-state index is -0.754. The van der Waals surface area contributed by atoms with Gasteiger partial charge in [0.2, 0.25) is 0 Å². The highest BCUT2D eigenvalue weighted by Gasteiger charge is 2.07. The molecule has 0 aliphatic heterocycles. The quantitative estimate of drug-likeness (QED) is 0.862. The topological polar surface area (TPSA) is 40.5 Å². The van der Waals surface area contributed by atoms with Gasteiger partial charge in [-0.15, -0.1) is 0 Å². The molecule has 1 rings (SSSR count). The number of aliphatic carboxylic acids is 1. The van der Waals surface area contributed by atoms with Gasteiger partial charge in [-0.2, -0.15) is 0 Å². The van der Waals surface area contributed by atoms with Crippen LogP contribution in [0.2, 0.25) is 5.02 Å². The Morgan fingerprint density at radius 3 is 2.81 bits per heavy atom. The van der Waals surface area contributed by atoms with E-state index in [1.165, 1.54) is 0 Å². The maximum absolute atomic E-state index is 10.4. The molecular formula is C12H16ClNO2. The second kappa shape index (κ2) is 5.75. The van der Waals surface area contributed by atoms with Crippen LogP contribution in [0.5, 0.6) is 0 Å². The molecule has 0 heterocycles. The van der Waals surface area contributed by atoms with Crippen molar-refractivity contribution in [2.24, 2.45) is 0 Å². The van der Waals surface area contributed by atoms with Gasteiger partial charge in [0.15, 0.2) is 0 Å². The number of hydrogen-bond acceptors (Lipinski definition) is 2. The van der Waals surface area contributed by atoms with Crippen LogP contribution in [0.15, 0.2) is 18.2 Å². The Hall–Kier alpha value is -1.22. The lowest BCUT2D eigenvalue weighted by Crippen LogP contribution is -2.20. The van der Waals surface area contributed by atoms with E-state index in [4.69, 9.17) is 16.7 Å². The molecule has 1 aromatic rings. The molecule has 0 fully saturated rings. The maximum atomic E-state index is 10.4. The van der Waals surface area contributed by atoms with Gasteiger partial charge >= 0.3 is 5.97 Å². The Labute approximate surface area is 101 Å². The average molecular weight is 242 g/mol. The lowest BCUT2D eigenvalue weighted by Gasteiger charge is -2.21. The summed E-state index contributed by atoms with van der Waals surface area (Å²) < 4.78 is 0. The molecule has 0 radical (unpaired) electrons. The summed E-state index contributed by atoms with van der Waals surface area (Å²) in [5.41, 5.74) is 2.08. The van der Waals surface area contributed by atoms with Crippen LogP contribution in [0.25, 0.3) is 0 Å². The van der Waals surface area contributed by atoms with Crippen molar-refractivity contribution >= 4 is 23.3 Å². The van der Waals surface area contributed by atoms with E-state index < -0.39 is 5.97 Å². The maximum Gasteiger partial charge on any atom is 0.303 e. The molecule has 0 bridgehead atoms. The summed E-state index contributed by atoms with van der Waals surface area (Å²) in [6.45, 7) is 2.68. The first kappa shape index (κ1) is 12.8. The molecule has 1 N–H and O–H groups in total. The Morgan fingerprint density at radius 2 is 2.19 bits per heavy atom. The Morgan fingerprint density at radius 1 is 1.50 bits per heavy atom. The number of benzene rings is 1. The van der Waals surface area contributed by atoms with E-state index in [0.29, 0.717) is 13.0 Å². The van der Waals surface area contributed by atoms with E-state index in [1.807, 2.05) is 37.1 Å². The zero-order valence-electron chi connectivity index (χ0n) is 9.53. The van der Waals surface area contributed by atoms with Crippen molar-refractivity contribution in [1.82, 2.24) is 0 Å². The number of carboxylic acid groups (broad SMARTS) is 1. The normalized spacial score (nSPS) is 10.2. The Balaban J connectivity index is 2.62. The molecule has 0 atom stereocenters. The molecule has 0 saturated heterocycles. The van der Waals surface area contributed by atoms with Crippen LogP contribution < -0.4 is 4.90 Å². The highest BCUT2D eigenvalue weighted by molar-refractivity contribution is 6.31. The summed E-state index contributed by atoms with van der Waals surface area (Å²) in [5.74, 6) is -0.754. The van der Waals surface area contributed by atoms with Crippen LogP contribution in [0.4, 0.5) is 5.69 Å². The molecule has 16 heavy (non-hydrogen) atoms. The van der Waals surface area contributed by atoms with Gasteiger partial charge in [0, 0.05) is 30.7 Å². The minimum Gasteiger partial charge on any atom is -0.481 e. The summed E-state index contributed by atoms with van der Waals surface area (Å²) in [6.07, 6.45) is 0.835. The molecule has 0 amide bonds. The van der Waals surface area contributed by atoms with Crippen LogP contribution in [-0.2, 0) is 4.79 Å². The van der Waals surface area contributed by atoms with Gasteiger partial charge in [0.1, 0.15) is 0 Å². The molecule has 0 aliphatic rings. The third-order valence-electron chi connectivity index (χ3n) is 2.53. The van der Waals surface area contributed by atoms with Crippen LogP contribution in [-0.4, -0.2) is 24.7 Å². The first-order chi connectivity index (χ1) is 7.52. The van der Waals surface area contributed by atoms with Gasteiger partial charge in [-0.25, -0.2) is 0 Å². The van der Waals surface area contributed by atoms with Crippen molar-refractivity contribution in [1.29, 1.82) is 0 Å². The van der Waals surface area contributed by atoms with Gasteiger partial charge in [-0.1, -0.05) is 17.7 Å². The molecule has 4 heteroatoms. The fourth-order valence-corrected chi connectivity index (χ4v) is 1.77. The standard InChI is InChI=1S/C12H16ClNO2/c1-9-10(13)5-3-6-11(9)14(2)8-4-7-12(15)16/h3,5-6H,4,7-8H2,1-2H3,(H,15,16). The fourth-order valence-electron chi connectivity index (χ4n) is 1.60. The lowest BCUT2D eigenvalue weighted by molar-refractivity contribution is -0.137. The van der Waals surface area contributed by atoms with Crippen LogP contribution in [0.1, 0.15) is 18.4 Å². The van der Waals surface area contributed by atoms with E-state index in [2.05, 4.69) is 0 Å². The van der Waals surface area contributed by atoms with Crippen LogP contribution in [0, 0.1) is 6.92 Å². The summed E-state index contributed by atoms with van der Waals surface area (Å²) in [6, 6.07) is 5.74. The van der Waals surface area contributed by atoms with Crippen molar-refractivity contribution in [2.75, 3.05) is 18.5 Å². The molecule has 0 aromatic heterocycles. The van der Waals surface area contributed by atoms with E-state index in [0.717, 1.165) is 16.3 Å². The lowest BCUT2D eigenvalue weighted by atomic mass is 10.1. The number of nitrogens with zero attached hydrogens (tertiary/aromatic N) is 1. The number of anilines is 1. The zero-order chi connectivity index (χ0) is 12.1. The highest BCUT2D eigenvalue weighted by atomic mass is 35.5. The second-order valence-electron chi connectivity index (χ2n) is 3.80. The third-order valence-corrected chi connectivity index (χ3v) is 2.94. The van der Waals surface area contributed by atoms with E-state index in [9.17, 15) is 4.79 Å². The largest absolute Gasteiger partial charge is 0.481 e. The van der Waals surface area contributed by atoms with Gasteiger partial charge < -0.3 is 10.0 Å². The van der Waals surface area contributed by atoms with Crippen molar-refractivity contribution in [3.05, 3.63) is 28.8 Å². The van der Waals surface area contributed by atoms with E-state index >= 15 is 0 Å². The SMILES string of the molecule is Cc1c(Cl)cccc1N(C)CCCC(=O)O. The molecule has 0 aliphatic carbocycles. The number of carbonyl (C=O) groups is 1. The van der Waals surface area contributed by atoms with Gasteiger partial charge in [-0.3, -0.25) is 4.79 Å². The number of carboxylic acids is 1. The number of hydrogen-bond donors (Lipinski definition) is 1. The highest BCUT2D eigenvalue weighted by Crippen LogP contribution is 2.25. The van der Waals surface area contributed by atoms with Crippen LogP contribution in [0.3, 0.4) is 0 Å². The van der Waals surface area contributed by atoms with Gasteiger partial charge in [0.05, 0.1) is 0 Å². The van der Waals surface area contributed by atoms with Crippen molar-refractivity contribution < 1.29 is 9.90 Å². The molecule has 3 nitrogen and oxygen atoms in total. The average Bonchev–Trinajstić information content (AvgIpc) is 2.21. The van der Waals surface area contributed by atoms with E-state index in [1.54, 1.807) is 0 Å². The summed E-state index contributed by atoms with van der Waals surface area (Å²) in [5, 5.41) is 9.29. The van der Waals surface area contributed by atoms with Crippen molar-refractivity contribution in [3.63, 3.8) is 0 Å². The molecule has 0 spiro atoms. The predicted octanol–water partition coefficient (Wildman–Crippen LogP) is 2.95.